The van der Waals surface area contributed by atoms with Crippen molar-refractivity contribution in [3.63, 3.8) is 0 Å². The van der Waals surface area contributed by atoms with Gasteiger partial charge in [-0.3, -0.25) is 9.98 Å². The van der Waals surface area contributed by atoms with E-state index >= 15 is 0 Å². The zero-order valence-electron chi connectivity index (χ0n) is 21.3. The number of para-hydroxylation sites is 2. The van der Waals surface area contributed by atoms with Gasteiger partial charge < -0.3 is 4.98 Å². The van der Waals surface area contributed by atoms with Crippen LogP contribution in [-0.2, 0) is 22.2 Å². The van der Waals surface area contributed by atoms with E-state index in [-0.39, 0.29) is 10.8 Å². The van der Waals surface area contributed by atoms with E-state index < -0.39 is 0 Å². The molecule has 0 fully saturated rings. The molecule has 0 saturated carbocycles. The van der Waals surface area contributed by atoms with Crippen LogP contribution in [0.3, 0.4) is 0 Å². The van der Waals surface area contributed by atoms with Crippen molar-refractivity contribution >= 4 is 51.0 Å². The third-order valence-corrected chi connectivity index (χ3v) is 5.47. The molecular formula is C28H35Br2FeN3. The monoisotopic (exact) mass is 627 g/mol. The fraction of sp³-hybridized carbons (Fsp3) is 0.357. The standard InChI is InChI=1S/C28H35N3.2BrH.Fe/c1-19(29-25-15-11-9-13-21(25)27(3,4)5)23-17-18-24(31-23)20(2)30-26-16-12-10-14-22(26)28(6,7)8;;;/h9-18,31H,1-8H3;2*1H;/q;;;+2/p-2. The second kappa shape index (κ2) is 12.5. The Bertz CT molecular complexity index is 1060. The first-order chi connectivity index (χ1) is 15.9. The zero-order valence-corrected chi connectivity index (χ0v) is 25.6. The predicted molar refractivity (Wildman–Crippen MR) is 153 cm³/mol. The normalized spacial score (nSPS) is 13.0. The summed E-state index contributed by atoms with van der Waals surface area (Å²) in [6, 6.07) is 20.9. The molecule has 0 unspecified atom stereocenters. The van der Waals surface area contributed by atoms with Crippen molar-refractivity contribution in [2.45, 2.75) is 66.2 Å². The van der Waals surface area contributed by atoms with E-state index in [4.69, 9.17) is 9.98 Å². The van der Waals surface area contributed by atoms with E-state index in [0.29, 0.717) is 0 Å². The third kappa shape index (κ3) is 8.05. The van der Waals surface area contributed by atoms with Crippen molar-refractivity contribution in [1.82, 2.24) is 4.98 Å². The first-order valence-electron chi connectivity index (χ1n) is 11.2. The summed E-state index contributed by atoms with van der Waals surface area (Å²) >= 11 is 7.00. The second-order valence-electron chi connectivity index (χ2n) is 10.3. The van der Waals surface area contributed by atoms with Crippen molar-refractivity contribution in [1.29, 1.82) is 0 Å². The average molecular weight is 629 g/mol. The molecule has 1 N–H and O–H groups in total. The molecular weight excluding hydrogens is 594 g/mol. The van der Waals surface area contributed by atoms with Gasteiger partial charge in [0.15, 0.2) is 0 Å². The molecule has 0 amide bonds. The summed E-state index contributed by atoms with van der Waals surface area (Å²) in [5.41, 5.74) is 8.58. The van der Waals surface area contributed by atoms with Gasteiger partial charge in [-0.1, -0.05) is 77.9 Å². The molecule has 0 aliphatic heterocycles. The second-order valence-corrected chi connectivity index (χ2v) is 15.8. The molecule has 3 rings (SSSR count). The molecule has 0 aliphatic carbocycles. The van der Waals surface area contributed by atoms with Gasteiger partial charge in [-0.15, -0.1) is 0 Å². The fourth-order valence-corrected chi connectivity index (χ4v) is 3.71. The molecule has 184 valence electrons. The molecule has 6 heteroatoms. The summed E-state index contributed by atoms with van der Waals surface area (Å²) in [6.45, 7) is 17.4. The summed E-state index contributed by atoms with van der Waals surface area (Å²) in [5.74, 6) is 0. The fourth-order valence-electron chi connectivity index (χ4n) is 3.71. The van der Waals surface area contributed by atoms with Crippen LogP contribution in [0.1, 0.15) is 77.9 Å². The van der Waals surface area contributed by atoms with Crippen LogP contribution >= 0.6 is 28.2 Å². The van der Waals surface area contributed by atoms with Gasteiger partial charge in [0.2, 0.25) is 0 Å². The van der Waals surface area contributed by atoms with Crippen LogP contribution < -0.4 is 0 Å². The quantitative estimate of drug-likeness (QED) is 0.221. The molecule has 0 bridgehead atoms. The number of aromatic amines is 1. The van der Waals surface area contributed by atoms with E-state index in [9.17, 15) is 0 Å². The van der Waals surface area contributed by atoms with Gasteiger partial charge in [0.25, 0.3) is 0 Å². The number of nitrogens with zero attached hydrogens (tertiary/aromatic N) is 2. The third-order valence-electron chi connectivity index (χ3n) is 5.47. The molecule has 3 aromatic rings. The van der Waals surface area contributed by atoms with E-state index in [0.717, 1.165) is 45.5 Å². The van der Waals surface area contributed by atoms with E-state index in [2.05, 4.69) is 137 Å². The van der Waals surface area contributed by atoms with Crippen molar-refractivity contribution in [2.24, 2.45) is 9.98 Å². The Labute approximate surface area is 225 Å². The van der Waals surface area contributed by atoms with Gasteiger partial charge in [-0.25, -0.2) is 0 Å². The SMILES string of the molecule is CC(=Nc1ccccc1C(C)(C)C)c1ccc(C(C)=Nc2ccccc2C(C)(C)C)[nH]1.[Br][Fe][Br]. The van der Waals surface area contributed by atoms with Crippen LogP contribution in [0.25, 0.3) is 0 Å². The van der Waals surface area contributed by atoms with Gasteiger partial charge >= 0.3 is 39.6 Å². The molecule has 0 spiro atoms. The number of hydrogen-bond acceptors (Lipinski definition) is 2. The van der Waals surface area contributed by atoms with Crippen molar-refractivity contribution in [2.75, 3.05) is 0 Å². The van der Waals surface area contributed by atoms with Crippen molar-refractivity contribution in [3.8, 4) is 0 Å². The van der Waals surface area contributed by atoms with Crippen LogP contribution in [0.2, 0.25) is 0 Å². The van der Waals surface area contributed by atoms with Gasteiger partial charge in [0, 0.05) is 0 Å². The number of H-pyrrole nitrogens is 1. The predicted octanol–water partition coefficient (Wildman–Crippen LogP) is 9.58. The first kappa shape index (κ1) is 28.8. The molecule has 0 aliphatic rings. The first-order valence-corrected chi connectivity index (χ1v) is 16.7. The number of hydrogen-bond donors (Lipinski definition) is 1. The van der Waals surface area contributed by atoms with Crippen molar-refractivity contribution < 1.29 is 11.3 Å². The number of benzene rings is 2. The molecule has 1 heterocycles. The Kier molecular flexibility index (Phi) is 10.6. The van der Waals surface area contributed by atoms with Gasteiger partial charge in [-0.2, -0.15) is 0 Å². The number of rotatable bonds is 4. The summed E-state index contributed by atoms with van der Waals surface area (Å²) in [4.78, 5) is 13.4. The average Bonchev–Trinajstić information content (AvgIpc) is 3.24. The summed E-state index contributed by atoms with van der Waals surface area (Å²) in [6.07, 6.45) is 0. The van der Waals surface area contributed by atoms with Gasteiger partial charge in [0.05, 0.1) is 34.2 Å². The Balaban J connectivity index is 0.00000129. The van der Waals surface area contributed by atoms with Crippen LogP contribution in [0, 0.1) is 0 Å². The molecule has 0 saturated heterocycles. The molecule has 3 nitrogen and oxygen atoms in total. The van der Waals surface area contributed by atoms with E-state index in [1.54, 1.807) is 0 Å². The van der Waals surface area contributed by atoms with Crippen molar-refractivity contribution in [3.05, 3.63) is 83.2 Å². The van der Waals surface area contributed by atoms with Crippen LogP contribution in [0.5, 0.6) is 0 Å². The number of aromatic nitrogens is 1. The van der Waals surface area contributed by atoms with Crippen LogP contribution in [-0.4, -0.2) is 16.4 Å². The van der Waals surface area contributed by atoms with Gasteiger partial charge in [0.1, 0.15) is 0 Å². The maximum absolute atomic E-state index is 4.94. The molecule has 2 aromatic carbocycles. The molecule has 0 radical (unpaired) electrons. The maximum atomic E-state index is 4.94. The number of nitrogens with one attached hydrogen (secondary N) is 1. The Hall–Kier alpha value is -1.46. The summed E-state index contributed by atoms with van der Waals surface area (Å²) < 4.78 is 0. The summed E-state index contributed by atoms with van der Waals surface area (Å²) in [7, 11) is 0. The van der Waals surface area contributed by atoms with E-state index in [1.807, 2.05) is 12.1 Å². The molecule has 0 atom stereocenters. The minimum atomic E-state index is 0.0466. The minimum absolute atomic E-state index is 0.0466. The van der Waals surface area contributed by atoms with Crippen LogP contribution in [0.15, 0.2) is 70.6 Å². The molecule has 1 aromatic heterocycles. The summed E-state index contributed by atoms with van der Waals surface area (Å²) in [5, 5.41) is 0. The van der Waals surface area contributed by atoms with Crippen LogP contribution in [0.4, 0.5) is 11.4 Å². The zero-order chi connectivity index (χ0) is 25.5. The Morgan fingerprint density at radius 2 is 0.971 bits per heavy atom. The molecule has 34 heavy (non-hydrogen) atoms. The number of halogens is 2. The Morgan fingerprint density at radius 3 is 1.29 bits per heavy atom. The number of aliphatic imine (C=N–C) groups is 2. The topological polar surface area (TPSA) is 40.5 Å². The van der Waals surface area contributed by atoms with E-state index in [1.165, 1.54) is 11.1 Å². The van der Waals surface area contributed by atoms with Gasteiger partial charge in [-0.05, 0) is 60.1 Å². The Morgan fingerprint density at radius 1 is 0.647 bits per heavy atom.